The number of anilines is 2. The minimum atomic E-state index is 0.563. The second-order valence-corrected chi connectivity index (χ2v) is 6.21. The molecule has 0 radical (unpaired) electrons. The van der Waals surface area contributed by atoms with Crippen LogP contribution in [0, 0.1) is 11.8 Å². The molecule has 3 rings (SSSR count). The molecule has 0 spiro atoms. The van der Waals surface area contributed by atoms with Crippen LogP contribution in [0.25, 0.3) is 10.9 Å². The van der Waals surface area contributed by atoms with Crippen molar-refractivity contribution in [2.24, 2.45) is 11.8 Å². The van der Waals surface area contributed by atoms with E-state index < -0.39 is 0 Å². The Morgan fingerprint density at radius 1 is 1.15 bits per heavy atom. The highest BCUT2D eigenvalue weighted by molar-refractivity contribution is 5.97. The molecule has 3 nitrogen and oxygen atoms in total. The number of benzene rings is 1. The third kappa shape index (κ3) is 2.45. The molecule has 3 N–H and O–H groups in total. The molecule has 1 aromatic heterocycles. The van der Waals surface area contributed by atoms with Crippen LogP contribution in [0.2, 0.25) is 0 Å². The van der Waals surface area contributed by atoms with Gasteiger partial charge in [0.15, 0.2) is 0 Å². The zero-order valence-corrected chi connectivity index (χ0v) is 12.3. The summed E-state index contributed by atoms with van der Waals surface area (Å²) in [6.45, 7) is 4.73. The Bertz CT molecular complexity index is 608. The smallest absolute Gasteiger partial charge is 0.0951 e. The topological polar surface area (TPSA) is 50.9 Å². The van der Waals surface area contributed by atoms with Crippen molar-refractivity contribution in [1.82, 2.24) is 4.98 Å². The molecule has 0 saturated heterocycles. The predicted molar refractivity (Wildman–Crippen MR) is 85.7 cm³/mol. The van der Waals surface area contributed by atoms with Crippen LogP contribution in [0.15, 0.2) is 30.5 Å². The lowest BCUT2D eigenvalue weighted by molar-refractivity contribution is 0.261. The Morgan fingerprint density at radius 3 is 2.80 bits per heavy atom. The maximum Gasteiger partial charge on any atom is 0.0951 e. The van der Waals surface area contributed by atoms with Gasteiger partial charge < -0.3 is 11.1 Å². The van der Waals surface area contributed by atoms with Crippen molar-refractivity contribution in [1.29, 1.82) is 0 Å². The fourth-order valence-electron chi connectivity index (χ4n) is 3.22. The monoisotopic (exact) mass is 269 g/mol. The van der Waals surface area contributed by atoms with Crippen molar-refractivity contribution in [3.05, 3.63) is 30.5 Å². The van der Waals surface area contributed by atoms with Crippen LogP contribution in [0.1, 0.15) is 33.1 Å². The van der Waals surface area contributed by atoms with E-state index in [0.29, 0.717) is 6.04 Å². The van der Waals surface area contributed by atoms with Gasteiger partial charge in [0, 0.05) is 23.3 Å². The van der Waals surface area contributed by atoms with Gasteiger partial charge in [0.1, 0.15) is 0 Å². The highest BCUT2D eigenvalue weighted by Gasteiger charge is 2.24. The van der Waals surface area contributed by atoms with E-state index in [1.807, 2.05) is 18.3 Å². The van der Waals surface area contributed by atoms with Crippen LogP contribution in [0.3, 0.4) is 0 Å². The lowest BCUT2D eigenvalue weighted by Crippen LogP contribution is -2.30. The average Bonchev–Trinajstić information content (AvgIpc) is 2.44. The van der Waals surface area contributed by atoms with Gasteiger partial charge in [-0.25, -0.2) is 0 Å². The zero-order valence-electron chi connectivity index (χ0n) is 12.3. The summed E-state index contributed by atoms with van der Waals surface area (Å²) in [5, 5.41) is 4.83. The molecule has 1 aliphatic carbocycles. The second-order valence-electron chi connectivity index (χ2n) is 6.21. The molecule has 1 aromatic carbocycles. The third-order valence-corrected chi connectivity index (χ3v) is 4.76. The lowest BCUT2D eigenvalue weighted by Gasteiger charge is -2.33. The molecule has 0 aliphatic heterocycles. The van der Waals surface area contributed by atoms with E-state index in [1.165, 1.54) is 19.3 Å². The highest BCUT2D eigenvalue weighted by Crippen LogP contribution is 2.33. The number of pyridine rings is 1. The third-order valence-electron chi connectivity index (χ3n) is 4.76. The number of hydrogen-bond donors (Lipinski definition) is 2. The van der Waals surface area contributed by atoms with Gasteiger partial charge in [0.05, 0.1) is 11.2 Å². The first kappa shape index (κ1) is 13.2. The fraction of sp³-hybridized carbons (Fsp3) is 0.471. The number of rotatable bonds is 2. The Morgan fingerprint density at radius 2 is 2.00 bits per heavy atom. The number of nitrogens with two attached hydrogens (primary N) is 1. The molecule has 0 bridgehead atoms. The van der Waals surface area contributed by atoms with E-state index in [-0.39, 0.29) is 0 Å². The summed E-state index contributed by atoms with van der Waals surface area (Å²) in [6, 6.07) is 8.62. The fourth-order valence-corrected chi connectivity index (χ4v) is 3.22. The molecule has 1 aliphatic rings. The van der Waals surface area contributed by atoms with Gasteiger partial charge in [0.25, 0.3) is 0 Å². The van der Waals surface area contributed by atoms with Gasteiger partial charge in [-0.3, -0.25) is 4.98 Å². The van der Waals surface area contributed by atoms with Gasteiger partial charge in [-0.1, -0.05) is 26.0 Å². The van der Waals surface area contributed by atoms with Crippen molar-refractivity contribution >= 4 is 22.3 Å². The number of nitrogens with zero attached hydrogens (tertiary/aromatic N) is 1. The first-order chi connectivity index (χ1) is 9.65. The summed E-state index contributed by atoms with van der Waals surface area (Å²) in [5.74, 6) is 1.64. The summed E-state index contributed by atoms with van der Waals surface area (Å²) >= 11 is 0. The number of hydrogen-bond acceptors (Lipinski definition) is 3. The second kappa shape index (κ2) is 5.31. The molecular formula is C17H23N3. The quantitative estimate of drug-likeness (QED) is 0.808. The summed E-state index contributed by atoms with van der Waals surface area (Å²) in [5.41, 5.74) is 8.81. The minimum absolute atomic E-state index is 0.563. The van der Waals surface area contributed by atoms with Gasteiger partial charge in [-0.15, -0.1) is 0 Å². The van der Waals surface area contributed by atoms with Gasteiger partial charge in [-0.05, 0) is 43.2 Å². The van der Waals surface area contributed by atoms with E-state index in [0.717, 1.165) is 34.1 Å². The van der Waals surface area contributed by atoms with Crippen molar-refractivity contribution in [3.8, 4) is 0 Å². The Balaban J connectivity index is 1.86. The summed E-state index contributed by atoms with van der Waals surface area (Å²) < 4.78 is 0. The number of fused-ring (bicyclic) bond motifs is 1. The molecule has 3 unspecified atom stereocenters. The maximum absolute atomic E-state index is 6.01. The molecule has 2 aromatic rings. The van der Waals surface area contributed by atoms with Crippen LogP contribution in [0.4, 0.5) is 11.4 Å². The molecule has 3 heteroatoms. The molecule has 1 heterocycles. The largest absolute Gasteiger partial charge is 0.397 e. The van der Waals surface area contributed by atoms with Crippen LogP contribution >= 0.6 is 0 Å². The van der Waals surface area contributed by atoms with Crippen LogP contribution < -0.4 is 11.1 Å². The van der Waals surface area contributed by atoms with Crippen molar-refractivity contribution in [2.75, 3.05) is 11.1 Å². The van der Waals surface area contributed by atoms with Gasteiger partial charge >= 0.3 is 0 Å². The molecule has 1 saturated carbocycles. The molecule has 106 valence electrons. The van der Waals surface area contributed by atoms with Crippen LogP contribution in [-0.2, 0) is 0 Å². The molecular weight excluding hydrogens is 246 g/mol. The Labute approximate surface area is 120 Å². The summed E-state index contributed by atoms with van der Waals surface area (Å²) in [7, 11) is 0. The standard InChI is InChI=1S/C17H23N3/c1-11-6-7-13(10-12(11)2)20-16-8-9-19-17-14(16)4-3-5-15(17)18/h3-5,8-9,11-13H,6-7,10,18H2,1-2H3,(H,19,20). The predicted octanol–water partition coefficient (Wildman–Crippen LogP) is 4.05. The Kier molecular flexibility index (Phi) is 3.51. The van der Waals surface area contributed by atoms with E-state index >= 15 is 0 Å². The molecule has 0 amide bonds. The first-order valence-corrected chi connectivity index (χ1v) is 7.55. The van der Waals surface area contributed by atoms with Crippen LogP contribution in [-0.4, -0.2) is 11.0 Å². The number of nitrogens with one attached hydrogen (secondary N) is 1. The van der Waals surface area contributed by atoms with Crippen molar-refractivity contribution < 1.29 is 0 Å². The molecule has 3 atom stereocenters. The lowest BCUT2D eigenvalue weighted by atomic mass is 9.79. The Hall–Kier alpha value is -1.77. The van der Waals surface area contributed by atoms with Gasteiger partial charge in [-0.2, -0.15) is 0 Å². The SMILES string of the molecule is CC1CCC(Nc2ccnc3c(N)cccc23)CC1C. The van der Waals surface area contributed by atoms with E-state index in [9.17, 15) is 0 Å². The molecule has 1 fully saturated rings. The number of aromatic nitrogens is 1. The van der Waals surface area contributed by atoms with E-state index in [4.69, 9.17) is 5.73 Å². The van der Waals surface area contributed by atoms with E-state index in [1.54, 1.807) is 0 Å². The molecule has 20 heavy (non-hydrogen) atoms. The van der Waals surface area contributed by atoms with Crippen molar-refractivity contribution in [3.63, 3.8) is 0 Å². The first-order valence-electron chi connectivity index (χ1n) is 7.55. The number of nitrogen functional groups attached to an aromatic ring is 1. The maximum atomic E-state index is 6.01. The van der Waals surface area contributed by atoms with E-state index in [2.05, 4.69) is 36.3 Å². The van der Waals surface area contributed by atoms with Gasteiger partial charge in [0.2, 0.25) is 0 Å². The summed E-state index contributed by atoms with van der Waals surface area (Å²) in [6.07, 6.45) is 5.64. The zero-order chi connectivity index (χ0) is 14.1. The van der Waals surface area contributed by atoms with Crippen LogP contribution in [0.5, 0.6) is 0 Å². The minimum Gasteiger partial charge on any atom is -0.397 e. The van der Waals surface area contributed by atoms with Crippen molar-refractivity contribution in [2.45, 2.75) is 39.2 Å². The number of para-hydroxylation sites is 1. The summed E-state index contributed by atoms with van der Waals surface area (Å²) in [4.78, 5) is 4.40. The average molecular weight is 269 g/mol. The normalized spacial score (nSPS) is 26.6. The highest BCUT2D eigenvalue weighted by atomic mass is 14.9.